The van der Waals surface area contributed by atoms with E-state index in [-0.39, 0.29) is 35.4 Å². The summed E-state index contributed by atoms with van der Waals surface area (Å²) < 4.78 is 41.4. The van der Waals surface area contributed by atoms with Crippen molar-refractivity contribution in [2.45, 2.75) is 18.7 Å². The van der Waals surface area contributed by atoms with Crippen molar-refractivity contribution in [3.05, 3.63) is 70.5 Å². The molecule has 0 radical (unpaired) electrons. The molecule has 154 valence electrons. The number of fused-ring (bicyclic) bond motifs is 1. The monoisotopic (exact) mass is 436 g/mol. The Hall–Kier alpha value is -1.96. The normalized spacial score (nSPS) is 24.7. The number of hydrogen-bond donors (Lipinski definition) is 0. The maximum atomic E-state index is 13.8. The lowest BCUT2D eigenvalue weighted by Crippen LogP contribution is -2.37. The smallest absolute Gasteiger partial charge is 0.219 e. The zero-order valence-electron chi connectivity index (χ0n) is 16.0. The van der Waals surface area contributed by atoms with Crippen LogP contribution in [0.5, 0.6) is 0 Å². The Balaban J connectivity index is 1.59. The Bertz CT molecular complexity index is 1050. The molecule has 29 heavy (non-hydrogen) atoms. The first kappa shape index (κ1) is 20.3. The summed E-state index contributed by atoms with van der Waals surface area (Å²) in [7, 11) is -3.56. The van der Waals surface area contributed by atoms with E-state index in [9.17, 15) is 17.6 Å². The largest absolute Gasteiger partial charge is 0.335 e. The van der Waals surface area contributed by atoms with Crippen LogP contribution >= 0.6 is 11.6 Å². The summed E-state index contributed by atoms with van der Waals surface area (Å²) in [5.74, 6) is -0.655. The summed E-state index contributed by atoms with van der Waals surface area (Å²) in [5, 5.41) is 0.427. The molecule has 0 aliphatic carbocycles. The van der Waals surface area contributed by atoms with Gasteiger partial charge >= 0.3 is 0 Å². The van der Waals surface area contributed by atoms with Gasteiger partial charge in [-0.3, -0.25) is 4.79 Å². The van der Waals surface area contributed by atoms with Gasteiger partial charge in [-0.25, -0.2) is 17.1 Å². The van der Waals surface area contributed by atoms with Gasteiger partial charge in [0.1, 0.15) is 5.82 Å². The molecule has 2 aliphatic rings. The molecule has 0 N–H and O–H groups in total. The number of carbonyl (C=O) groups is 1. The molecule has 3 atom stereocenters. The molecule has 0 spiro atoms. The topological polar surface area (TPSA) is 57.7 Å². The highest BCUT2D eigenvalue weighted by Crippen LogP contribution is 2.46. The molecule has 0 bridgehead atoms. The average Bonchev–Trinajstić information content (AvgIpc) is 3.22. The van der Waals surface area contributed by atoms with Crippen LogP contribution in [0.15, 0.2) is 48.5 Å². The molecule has 8 heteroatoms. The molecule has 2 saturated heterocycles. The van der Waals surface area contributed by atoms with Gasteiger partial charge in [0, 0.05) is 37.5 Å². The van der Waals surface area contributed by atoms with Crippen molar-refractivity contribution in [1.82, 2.24) is 9.21 Å². The minimum atomic E-state index is -3.56. The fraction of sp³-hybridized carbons (Fsp3) is 0.381. The molecular weight excluding hydrogens is 415 g/mol. The van der Waals surface area contributed by atoms with E-state index in [2.05, 4.69) is 0 Å². The molecule has 2 aromatic carbocycles. The maximum absolute atomic E-state index is 13.8. The van der Waals surface area contributed by atoms with Crippen LogP contribution in [0.25, 0.3) is 0 Å². The predicted molar refractivity (Wildman–Crippen MR) is 109 cm³/mol. The van der Waals surface area contributed by atoms with E-state index in [1.807, 2.05) is 0 Å². The van der Waals surface area contributed by atoms with Crippen molar-refractivity contribution in [3.63, 3.8) is 0 Å². The second kappa shape index (κ2) is 7.70. The first-order chi connectivity index (χ1) is 13.8. The van der Waals surface area contributed by atoms with Crippen molar-refractivity contribution < 1.29 is 17.6 Å². The zero-order chi connectivity index (χ0) is 20.8. The molecule has 0 aromatic heterocycles. The molecule has 4 rings (SSSR count). The molecule has 1 amide bonds. The summed E-state index contributed by atoms with van der Waals surface area (Å²) in [5.41, 5.74) is 1.27. The van der Waals surface area contributed by atoms with Gasteiger partial charge in [0.15, 0.2) is 0 Å². The third-order valence-electron chi connectivity index (χ3n) is 5.91. The molecule has 2 fully saturated rings. The first-order valence-electron chi connectivity index (χ1n) is 9.50. The zero-order valence-corrected chi connectivity index (χ0v) is 17.5. The number of rotatable bonds is 4. The van der Waals surface area contributed by atoms with Gasteiger partial charge < -0.3 is 4.90 Å². The molecule has 2 heterocycles. The number of halogens is 2. The highest BCUT2D eigenvalue weighted by Gasteiger charge is 2.50. The second-order valence-electron chi connectivity index (χ2n) is 7.76. The fourth-order valence-corrected chi connectivity index (χ4v) is 6.50. The number of nitrogens with zero attached hydrogens (tertiary/aromatic N) is 2. The minimum Gasteiger partial charge on any atom is -0.335 e. The maximum Gasteiger partial charge on any atom is 0.219 e. The van der Waals surface area contributed by atoms with Gasteiger partial charge in [-0.2, -0.15) is 0 Å². The van der Waals surface area contributed by atoms with Crippen molar-refractivity contribution in [2.75, 3.05) is 19.6 Å². The van der Waals surface area contributed by atoms with Gasteiger partial charge in [0.2, 0.25) is 15.9 Å². The van der Waals surface area contributed by atoms with Crippen LogP contribution in [0.2, 0.25) is 5.02 Å². The summed E-state index contributed by atoms with van der Waals surface area (Å²) in [6, 6.07) is 12.8. The molecular formula is C21H22ClFN2O3S. The molecule has 5 nitrogen and oxygen atoms in total. The fourth-order valence-electron chi connectivity index (χ4n) is 4.58. The quantitative estimate of drug-likeness (QED) is 0.737. The predicted octanol–water partition coefficient (Wildman–Crippen LogP) is 3.46. The first-order valence-corrected chi connectivity index (χ1v) is 11.5. The Labute approximate surface area is 175 Å². The van der Waals surface area contributed by atoms with Crippen LogP contribution in [-0.2, 0) is 20.6 Å². The van der Waals surface area contributed by atoms with Gasteiger partial charge in [0.25, 0.3) is 0 Å². The lowest BCUT2D eigenvalue weighted by atomic mass is 9.89. The summed E-state index contributed by atoms with van der Waals surface area (Å²) in [6.45, 7) is 2.63. The SMILES string of the molecule is CC(=O)N1C[C@H]2CN(S(=O)(=O)Cc3ccccc3Cl)C[C@H]2[C@@H]1c1cccc(F)c1. The van der Waals surface area contributed by atoms with Gasteiger partial charge in [-0.1, -0.05) is 41.9 Å². The van der Waals surface area contributed by atoms with Crippen LogP contribution in [0.3, 0.4) is 0 Å². The number of carbonyl (C=O) groups excluding carboxylic acids is 1. The van der Waals surface area contributed by atoms with Crippen LogP contribution in [0.4, 0.5) is 4.39 Å². The highest BCUT2D eigenvalue weighted by atomic mass is 35.5. The van der Waals surface area contributed by atoms with E-state index in [0.717, 1.165) is 0 Å². The van der Waals surface area contributed by atoms with Crippen LogP contribution in [-0.4, -0.2) is 43.2 Å². The van der Waals surface area contributed by atoms with E-state index in [0.29, 0.717) is 35.8 Å². The summed E-state index contributed by atoms with van der Waals surface area (Å²) in [6.07, 6.45) is 0. The van der Waals surface area contributed by atoms with Gasteiger partial charge in [-0.15, -0.1) is 0 Å². The van der Waals surface area contributed by atoms with E-state index in [1.54, 1.807) is 41.3 Å². The summed E-state index contributed by atoms with van der Waals surface area (Å²) >= 11 is 6.14. The van der Waals surface area contributed by atoms with E-state index in [4.69, 9.17) is 11.6 Å². The third kappa shape index (κ3) is 3.91. The molecule has 2 aliphatic heterocycles. The number of benzene rings is 2. The number of hydrogen-bond acceptors (Lipinski definition) is 3. The Kier molecular flexibility index (Phi) is 5.40. The van der Waals surface area contributed by atoms with Gasteiger partial charge in [-0.05, 0) is 35.2 Å². The van der Waals surface area contributed by atoms with E-state index >= 15 is 0 Å². The minimum absolute atomic E-state index is 0.0215. The number of sulfonamides is 1. The molecule has 2 aromatic rings. The highest BCUT2D eigenvalue weighted by molar-refractivity contribution is 7.88. The lowest BCUT2D eigenvalue weighted by Gasteiger charge is -2.29. The van der Waals surface area contributed by atoms with Gasteiger partial charge in [0.05, 0.1) is 11.8 Å². The standard InChI is InChI=1S/C21H22ClFN2O3S/c1-14(26)25-11-17-10-24(29(27,28)13-16-5-2-3-8-20(16)22)12-19(17)21(25)15-6-4-7-18(23)9-15/h2-9,17,19,21H,10-13H2,1H3/t17-,19-,21+/m1/s1. The third-order valence-corrected chi connectivity index (χ3v) is 8.04. The Morgan fingerprint density at radius 1 is 1.14 bits per heavy atom. The van der Waals surface area contributed by atoms with E-state index < -0.39 is 10.0 Å². The Morgan fingerprint density at radius 2 is 1.90 bits per heavy atom. The van der Waals surface area contributed by atoms with Crippen molar-refractivity contribution in [3.8, 4) is 0 Å². The average molecular weight is 437 g/mol. The van der Waals surface area contributed by atoms with Crippen molar-refractivity contribution in [2.24, 2.45) is 11.8 Å². The molecule has 0 unspecified atom stereocenters. The van der Waals surface area contributed by atoms with Crippen molar-refractivity contribution in [1.29, 1.82) is 0 Å². The number of amides is 1. The van der Waals surface area contributed by atoms with Crippen LogP contribution in [0, 0.1) is 17.7 Å². The Morgan fingerprint density at radius 3 is 2.59 bits per heavy atom. The van der Waals surface area contributed by atoms with Crippen molar-refractivity contribution >= 4 is 27.5 Å². The second-order valence-corrected chi connectivity index (χ2v) is 10.1. The van der Waals surface area contributed by atoms with Crippen LogP contribution < -0.4 is 0 Å². The number of likely N-dealkylation sites (tertiary alicyclic amines) is 1. The van der Waals surface area contributed by atoms with E-state index in [1.165, 1.54) is 23.4 Å². The van der Waals surface area contributed by atoms with Crippen LogP contribution in [0.1, 0.15) is 24.1 Å². The molecule has 0 saturated carbocycles. The lowest BCUT2D eigenvalue weighted by molar-refractivity contribution is -0.130. The summed E-state index contributed by atoms with van der Waals surface area (Å²) in [4.78, 5) is 13.9.